The summed E-state index contributed by atoms with van der Waals surface area (Å²) in [5, 5.41) is 13.4. The predicted octanol–water partition coefficient (Wildman–Crippen LogP) is 5.09. The molecule has 7 heteroatoms. The molecule has 0 unspecified atom stereocenters. The Balaban J connectivity index is 1.40. The van der Waals surface area contributed by atoms with E-state index in [-0.39, 0.29) is 5.91 Å². The normalized spacial score (nSPS) is 10.8. The number of halogens is 1. The Morgan fingerprint density at radius 2 is 1.75 bits per heavy atom. The van der Waals surface area contributed by atoms with E-state index in [2.05, 4.69) is 20.5 Å². The number of nitrogens with zero attached hydrogens (tertiary/aromatic N) is 2. The molecular weight excluding hydrogens is 392 g/mol. The minimum absolute atomic E-state index is 0.214. The maximum atomic E-state index is 12.4. The SMILES string of the molecule is Cc1ccc(-c2cc(C(=O)NCc3nc(-c4ccc(Cl)cc4)cs3)[nH]n2)cc1. The first-order valence-electron chi connectivity index (χ1n) is 8.69. The van der Waals surface area contributed by atoms with Crippen molar-refractivity contribution in [3.63, 3.8) is 0 Å². The van der Waals surface area contributed by atoms with Crippen LogP contribution in [0.3, 0.4) is 0 Å². The number of aryl methyl sites for hydroxylation is 1. The smallest absolute Gasteiger partial charge is 0.269 e. The number of rotatable bonds is 5. The molecule has 4 rings (SSSR count). The number of aromatic nitrogens is 3. The zero-order chi connectivity index (χ0) is 19.5. The van der Waals surface area contributed by atoms with Gasteiger partial charge in [-0.15, -0.1) is 11.3 Å². The molecule has 0 aliphatic heterocycles. The van der Waals surface area contributed by atoms with Gasteiger partial charge in [-0.05, 0) is 25.1 Å². The number of nitrogens with one attached hydrogen (secondary N) is 2. The van der Waals surface area contributed by atoms with Gasteiger partial charge in [0.05, 0.1) is 17.9 Å². The summed E-state index contributed by atoms with van der Waals surface area (Å²) < 4.78 is 0. The van der Waals surface area contributed by atoms with Gasteiger partial charge in [0.25, 0.3) is 5.91 Å². The molecule has 5 nitrogen and oxygen atoms in total. The lowest BCUT2D eigenvalue weighted by Crippen LogP contribution is -2.23. The number of aromatic amines is 1. The second-order valence-corrected chi connectivity index (χ2v) is 7.73. The molecule has 0 aliphatic carbocycles. The zero-order valence-corrected chi connectivity index (χ0v) is 16.6. The van der Waals surface area contributed by atoms with Gasteiger partial charge in [-0.3, -0.25) is 9.89 Å². The van der Waals surface area contributed by atoms with E-state index in [1.165, 1.54) is 16.9 Å². The van der Waals surface area contributed by atoms with E-state index in [1.54, 1.807) is 6.07 Å². The Morgan fingerprint density at radius 3 is 2.50 bits per heavy atom. The summed E-state index contributed by atoms with van der Waals surface area (Å²) in [6.07, 6.45) is 0. The van der Waals surface area contributed by atoms with Crippen molar-refractivity contribution >= 4 is 28.8 Å². The van der Waals surface area contributed by atoms with E-state index in [4.69, 9.17) is 11.6 Å². The predicted molar refractivity (Wildman–Crippen MR) is 112 cm³/mol. The minimum Gasteiger partial charge on any atom is -0.344 e. The van der Waals surface area contributed by atoms with Gasteiger partial charge in [-0.25, -0.2) is 4.98 Å². The Bertz CT molecular complexity index is 1100. The largest absolute Gasteiger partial charge is 0.344 e. The molecule has 0 bridgehead atoms. The molecular formula is C21H17ClN4OS. The summed E-state index contributed by atoms with van der Waals surface area (Å²) in [7, 11) is 0. The fourth-order valence-electron chi connectivity index (χ4n) is 2.71. The molecule has 4 aromatic rings. The number of thiazole rings is 1. The second-order valence-electron chi connectivity index (χ2n) is 6.35. The Labute approximate surface area is 171 Å². The molecule has 2 aromatic heterocycles. The van der Waals surface area contributed by atoms with E-state index in [9.17, 15) is 4.79 Å². The van der Waals surface area contributed by atoms with Crippen LogP contribution in [0.15, 0.2) is 60.0 Å². The zero-order valence-electron chi connectivity index (χ0n) is 15.1. The van der Waals surface area contributed by atoms with Crippen LogP contribution in [0.25, 0.3) is 22.5 Å². The number of hydrogen-bond donors (Lipinski definition) is 2. The summed E-state index contributed by atoms with van der Waals surface area (Å²) in [6.45, 7) is 2.39. The van der Waals surface area contributed by atoms with Crippen LogP contribution in [0.4, 0.5) is 0 Å². The van der Waals surface area contributed by atoms with E-state index in [0.717, 1.165) is 27.5 Å². The van der Waals surface area contributed by atoms with Crippen molar-refractivity contribution in [1.82, 2.24) is 20.5 Å². The van der Waals surface area contributed by atoms with Gasteiger partial charge in [0, 0.05) is 21.5 Å². The number of carbonyl (C=O) groups excluding carboxylic acids is 1. The molecule has 140 valence electrons. The van der Waals surface area contributed by atoms with Gasteiger partial charge in [-0.2, -0.15) is 5.10 Å². The van der Waals surface area contributed by atoms with Crippen molar-refractivity contribution in [1.29, 1.82) is 0 Å². The highest BCUT2D eigenvalue weighted by atomic mass is 35.5. The third kappa shape index (κ3) is 4.13. The summed E-state index contributed by atoms with van der Waals surface area (Å²) in [6, 6.07) is 17.3. The molecule has 0 saturated carbocycles. The molecule has 2 heterocycles. The number of hydrogen-bond acceptors (Lipinski definition) is 4. The van der Waals surface area contributed by atoms with Crippen LogP contribution in [0, 0.1) is 6.92 Å². The van der Waals surface area contributed by atoms with Crippen LogP contribution in [0.1, 0.15) is 21.1 Å². The van der Waals surface area contributed by atoms with Crippen LogP contribution >= 0.6 is 22.9 Å². The average molecular weight is 409 g/mol. The summed E-state index contributed by atoms with van der Waals surface area (Å²) in [4.78, 5) is 17.0. The highest BCUT2D eigenvalue weighted by molar-refractivity contribution is 7.09. The van der Waals surface area contributed by atoms with Gasteiger partial charge in [-0.1, -0.05) is 53.6 Å². The number of carbonyl (C=O) groups is 1. The molecule has 0 saturated heterocycles. The monoisotopic (exact) mass is 408 g/mol. The second kappa shape index (κ2) is 7.96. The topological polar surface area (TPSA) is 70.7 Å². The quantitative estimate of drug-likeness (QED) is 0.483. The van der Waals surface area contributed by atoms with E-state index in [1.807, 2.05) is 60.8 Å². The van der Waals surface area contributed by atoms with Crippen LogP contribution in [0.5, 0.6) is 0 Å². The van der Waals surface area contributed by atoms with Gasteiger partial charge in [0.2, 0.25) is 0 Å². The number of H-pyrrole nitrogens is 1. The summed E-state index contributed by atoms with van der Waals surface area (Å²) >= 11 is 7.43. The van der Waals surface area contributed by atoms with Gasteiger partial charge in [0.15, 0.2) is 0 Å². The number of amides is 1. The molecule has 0 radical (unpaired) electrons. The lowest BCUT2D eigenvalue weighted by atomic mass is 10.1. The third-order valence-electron chi connectivity index (χ3n) is 4.26. The molecule has 0 atom stereocenters. The van der Waals surface area contributed by atoms with Crippen molar-refractivity contribution in [2.75, 3.05) is 0 Å². The van der Waals surface area contributed by atoms with Crippen molar-refractivity contribution in [3.8, 4) is 22.5 Å². The highest BCUT2D eigenvalue weighted by Crippen LogP contribution is 2.23. The first kappa shape index (κ1) is 18.4. The first-order chi connectivity index (χ1) is 13.6. The van der Waals surface area contributed by atoms with E-state index < -0.39 is 0 Å². The Morgan fingerprint density at radius 1 is 1.07 bits per heavy atom. The lowest BCUT2D eigenvalue weighted by Gasteiger charge is -2.00. The van der Waals surface area contributed by atoms with Crippen LogP contribution in [-0.2, 0) is 6.54 Å². The molecule has 0 spiro atoms. The maximum Gasteiger partial charge on any atom is 0.269 e. The Hall–Kier alpha value is -2.96. The third-order valence-corrected chi connectivity index (χ3v) is 5.36. The summed E-state index contributed by atoms with van der Waals surface area (Å²) in [5.41, 5.74) is 5.17. The molecule has 1 amide bonds. The maximum absolute atomic E-state index is 12.4. The number of benzene rings is 2. The van der Waals surface area contributed by atoms with E-state index in [0.29, 0.717) is 17.3 Å². The average Bonchev–Trinajstić information content (AvgIpc) is 3.37. The van der Waals surface area contributed by atoms with Gasteiger partial charge in [0.1, 0.15) is 10.7 Å². The molecule has 2 aromatic carbocycles. The molecule has 0 aliphatic rings. The first-order valence-corrected chi connectivity index (χ1v) is 9.95. The van der Waals surface area contributed by atoms with Crippen LogP contribution in [-0.4, -0.2) is 21.1 Å². The van der Waals surface area contributed by atoms with E-state index >= 15 is 0 Å². The highest BCUT2D eigenvalue weighted by Gasteiger charge is 2.12. The van der Waals surface area contributed by atoms with Crippen molar-refractivity contribution < 1.29 is 4.79 Å². The van der Waals surface area contributed by atoms with Gasteiger partial charge < -0.3 is 5.32 Å². The molecule has 28 heavy (non-hydrogen) atoms. The standard InChI is InChI=1S/C21H17ClN4OS/c1-13-2-4-14(5-3-13)17-10-18(26-25-17)21(27)23-11-20-24-19(12-28-20)15-6-8-16(22)9-7-15/h2-10,12H,11H2,1H3,(H,23,27)(H,25,26). The Kier molecular flexibility index (Phi) is 5.23. The molecule has 0 fully saturated rings. The van der Waals surface area contributed by atoms with Crippen LogP contribution in [0.2, 0.25) is 5.02 Å². The van der Waals surface area contributed by atoms with Crippen molar-refractivity contribution in [2.24, 2.45) is 0 Å². The lowest BCUT2D eigenvalue weighted by molar-refractivity contribution is 0.0946. The van der Waals surface area contributed by atoms with Crippen LogP contribution < -0.4 is 5.32 Å². The van der Waals surface area contributed by atoms with Crippen molar-refractivity contribution in [2.45, 2.75) is 13.5 Å². The molecule has 2 N–H and O–H groups in total. The fourth-order valence-corrected chi connectivity index (χ4v) is 3.58. The fraction of sp³-hybridized carbons (Fsp3) is 0.0952. The summed E-state index contributed by atoms with van der Waals surface area (Å²) in [5.74, 6) is -0.214. The van der Waals surface area contributed by atoms with Crippen molar-refractivity contribution in [3.05, 3.63) is 81.3 Å². The van der Waals surface area contributed by atoms with Gasteiger partial charge >= 0.3 is 0 Å². The minimum atomic E-state index is -0.214.